The average molecular weight is 353 g/mol. The first kappa shape index (κ1) is 21.6. The third-order valence-electron chi connectivity index (χ3n) is 2.60. The fourth-order valence-corrected chi connectivity index (χ4v) is 3.39. The van der Waals surface area contributed by atoms with Gasteiger partial charge in [0.15, 0.2) is 0 Å². The summed E-state index contributed by atoms with van der Waals surface area (Å²) in [6.07, 6.45) is 2.09. The van der Waals surface area contributed by atoms with Crippen molar-refractivity contribution >= 4 is 35.5 Å². The number of nitrogens with two attached hydrogens (primary N) is 2. The van der Waals surface area contributed by atoms with Gasteiger partial charge in [0.2, 0.25) is 0 Å². The van der Waals surface area contributed by atoms with Crippen LogP contribution in [0.1, 0.15) is 26.7 Å². The summed E-state index contributed by atoms with van der Waals surface area (Å²) < 4.78 is 9.69. The molecule has 0 aliphatic carbocycles. The lowest BCUT2D eigenvalue weighted by atomic mass is 10.4. The Balaban J connectivity index is 3.44. The lowest BCUT2D eigenvalue weighted by Crippen LogP contribution is -2.34. The summed E-state index contributed by atoms with van der Waals surface area (Å²) in [6.45, 7) is 4.26. The standard InChI is InChI=1S/C14H28N2O4S2/c1-3-19-13(17)11(15)9-21-7-5-6-8-22-10-12(16)14(18)20-4-2/h11-12H,3-10,15-16H2,1-2H3/t11-,12-/m0/s1. The molecule has 0 saturated heterocycles. The minimum Gasteiger partial charge on any atom is -0.465 e. The fourth-order valence-electron chi connectivity index (χ4n) is 1.46. The molecule has 0 saturated carbocycles. The predicted molar refractivity (Wildman–Crippen MR) is 93.1 cm³/mol. The number of thioether (sulfide) groups is 2. The molecule has 0 heterocycles. The van der Waals surface area contributed by atoms with Gasteiger partial charge < -0.3 is 20.9 Å². The minimum atomic E-state index is -0.540. The van der Waals surface area contributed by atoms with Crippen molar-refractivity contribution in [3.05, 3.63) is 0 Å². The molecule has 0 aromatic carbocycles. The molecule has 0 amide bonds. The third-order valence-corrected chi connectivity index (χ3v) is 4.95. The first-order valence-corrected chi connectivity index (χ1v) is 9.83. The molecule has 2 atom stereocenters. The van der Waals surface area contributed by atoms with Crippen LogP contribution in [-0.2, 0) is 19.1 Å². The maximum absolute atomic E-state index is 11.3. The zero-order chi connectivity index (χ0) is 16.8. The van der Waals surface area contributed by atoms with Crippen molar-refractivity contribution in [2.45, 2.75) is 38.8 Å². The first-order chi connectivity index (χ1) is 10.5. The van der Waals surface area contributed by atoms with Gasteiger partial charge >= 0.3 is 11.9 Å². The predicted octanol–water partition coefficient (Wildman–Crippen LogP) is 1.01. The Bertz CT molecular complexity index is 289. The highest BCUT2D eigenvalue weighted by Gasteiger charge is 2.14. The molecule has 22 heavy (non-hydrogen) atoms. The van der Waals surface area contributed by atoms with Gasteiger partial charge in [-0.05, 0) is 38.2 Å². The van der Waals surface area contributed by atoms with E-state index in [0.29, 0.717) is 24.7 Å². The third kappa shape index (κ3) is 11.2. The summed E-state index contributed by atoms with van der Waals surface area (Å²) in [5, 5.41) is 0. The molecule has 0 bridgehead atoms. The van der Waals surface area contributed by atoms with Crippen LogP contribution in [-0.4, -0.2) is 60.2 Å². The van der Waals surface area contributed by atoms with E-state index in [1.54, 1.807) is 37.4 Å². The highest BCUT2D eigenvalue weighted by atomic mass is 32.2. The van der Waals surface area contributed by atoms with Crippen LogP contribution in [0.5, 0.6) is 0 Å². The normalized spacial score (nSPS) is 13.5. The molecule has 0 radical (unpaired) electrons. The smallest absolute Gasteiger partial charge is 0.323 e. The van der Waals surface area contributed by atoms with Gasteiger partial charge in [0.1, 0.15) is 12.1 Å². The van der Waals surface area contributed by atoms with Crippen LogP contribution in [0.15, 0.2) is 0 Å². The second-order valence-corrected chi connectivity index (χ2v) is 6.87. The van der Waals surface area contributed by atoms with Gasteiger partial charge in [0.25, 0.3) is 0 Å². The van der Waals surface area contributed by atoms with E-state index < -0.39 is 12.1 Å². The molecular weight excluding hydrogens is 324 g/mol. The van der Waals surface area contributed by atoms with Crippen LogP contribution in [0.25, 0.3) is 0 Å². The topological polar surface area (TPSA) is 105 Å². The van der Waals surface area contributed by atoms with Crippen LogP contribution in [0, 0.1) is 0 Å². The fraction of sp³-hybridized carbons (Fsp3) is 0.857. The van der Waals surface area contributed by atoms with Crippen LogP contribution < -0.4 is 11.5 Å². The van der Waals surface area contributed by atoms with Gasteiger partial charge in [-0.2, -0.15) is 23.5 Å². The Morgan fingerprint density at radius 1 is 0.864 bits per heavy atom. The van der Waals surface area contributed by atoms with E-state index in [0.717, 1.165) is 24.3 Å². The van der Waals surface area contributed by atoms with E-state index in [1.165, 1.54) is 0 Å². The highest BCUT2D eigenvalue weighted by Crippen LogP contribution is 2.11. The molecule has 130 valence electrons. The van der Waals surface area contributed by atoms with Crippen LogP contribution in [0.3, 0.4) is 0 Å². The van der Waals surface area contributed by atoms with Crippen molar-refractivity contribution in [2.75, 3.05) is 36.2 Å². The largest absolute Gasteiger partial charge is 0.465 e. The summed E-state index contributed by atoms with van der Waals surface area (Å²) in [7, 11) is 0. The zero-order valence-corrected chi connectivity index (χ0v) is 15.0. The Hall–Kier alpha value is -0.440. The molecule has 8 heteroatoms. The summed E-state index contributed by atoms with van der Waals surface area (Å²) in [6, 6.07) is -1.08. The summed E-state index contributed by atoms with van der Waals surface area (Å²) >= 11 is 3.31. The van der Waals surface area contributed by atoms with Crippen molar-refractivity contribution in [3.8, 4) is 0 Å². The molecule has 0 aromatic rings. The maximum atomic E-state index is 11.3. The van der Waals surface area contributed by atoms with Crippen molar-refractivity contribution in [1.29, 1.82) is 0 Å². The molecule has 0 aliphatic rings. The molecule has 0 spiro atoms. The monoisotopic (exact) mass is 352 g/mol. The molecule has 0 unspecified atom stereocenters. The number of hydrogen-bond acceptors (Lipinski definition) is 8. The Morgan fingerprint density at radius 3 is 1.55 bits per heavy atom. The molecular formula is C14H28N2O4S2. The van der Waals surface area contributed by atoms with Gasteiger partial charge in [-0.3, -0.25) is 9.59 Å². The quantitative estimate of drug-likeness (QED) is 0.374. The Morgan fingerprint density at radius 2 is 1.23 bits per heavy atom. The van der Waals surface area contributed by atoms with Crippen LogP contribution in [0.2, 0.25) is 0 Å². The van der Waals surface area contributed by atoms with Gasteiger partial charge in [-0.25, -0.2) is 0 Å². The van der Waals surface area contributed by atoms with E-state index in [9.17, 15) is 9.59 Å². The van der Waals surface area contributed by atoms with Crippen molar-refractivity contribution in [1.82, 2.24) is 0 Å². The van der Waals surface area contributed by atoms with E-state index in [2.05, 4.69) is 0 Å². The number of esters is 2. The van der Waals surface area contributed by atoms with E-state index >= 15 is 0 Å². The van der Waals surface area contributed by atoms with E-state index in [-0.39, 0.29) is 11.9 Å². The van der Waals surface area contributed by atoms with Gasteiger partial charge in [0.05, 0.1) is 13.2 Å². The van der Waals surface area contributed by atoms with Crippen LogP contribution >= 0.6 is 23.5 Å². The number of carbonyl (C=O) groups is 2. The Kier molecular flexibility index (Phi) is 13.9. The molecule has 0 aliphatic heterocycles. The number of unbranched alkanes of at least 4 members (excludes halogenated alkanes) is 1. The highest BCUT2D eigenvalue weighted by molar-refractivity contribution is 7.99. The lowest BCUT2D eigenvalue weighted by Gasteiger charge is -2.10. The second-order valence-electron chi connectivity index (χ2n) is 4.57. The molecule has 0 aromatic heterocycles. The average Bonchev–Trinajstić information content (AvgIpc) is 2.49. The van der Waals surface area contributed by atoms with Gasteiger partial charge in [-0.15, -0.1) is 0 Å². The van der Waals surface area contributed by atoms with Crippen LogP contribution in [0.4, 0.5) is 0 Å². The summed E-state index contributed by atoms with van der Waals surface area (Å²) in [5.74, 6) is 2.41. The second kappa shape index (κ2) is 14.2. The Labute approximate surface area is 141 Å². The number of rotatable bonds is 13. The van der Waals surface area contributed by atoms with Gasteiger partial charge in [-0.1, -0.05) is 0 Å². The SMILES string of the molecule is CCOC(=O)[C@@H](N)CSCCCCSC[C@H](N)C(=O)OCC. The molecule has 6 nitrogen and oxygen atoms in total. The van der Waals surface area contributed by atoms with Crippen molar-refractivity contribution in [2.24, 2.45) is 11.5 Å². The lowest BCUT2D eigenvalue weighted by molar-refractivity contribution is -0.144. The summed E-state index contributed by atoms with van der Waals surface area (Å²) in [5.41, 5.74) is 11.4. The number of carbonyl (C=O) groups excluding carboxylic acids is 2. The first-order valence-electron chi connectivity index (χ1n) is 7.52. The maximum Gasteiger partial charge on any atom is 0.323 e. The summed E-state index contributed by atoms with van der Waals surface area (Å²) in [4.78, 5) is 22.6. The number of ether oxygens (including phenoxy) is 2. The molecule has 4 N–H and O–H groups in total. The van der Waals surface area contributed by atoms with Gasteiger partial charge in [0, 0.05) is 11.5 Å². The van der Waals surface area contributed by atoms with Crippen molar-refractivity contribution < 1.29 is 19.1 Å². The van der Waals surface area contributed by atoms with E-state index in [1.807, 2.05) is 0 Å². The molecule has 0 rings (SSSR count). The van der Waals surface area contributed by atoms with Crippen molar-refractivity contribution in [3.63, 3.8) is 0 Å². The minimum absolute atomic E-state index is 0.335. The zero-order valence-electron chi connectivity index (χ0n) is 13.4. The molecule has 0 fully saturated rings. The van der Waals surface area contributed by atoms with E-state index in [4.69, 9.17) is 20.9 Å². The number of hydrogen-bond donors (Lipinski definition) is 2.